The van der Waals surface area contributed by atoms with E-state index in [-0.39, 0.29) is 67.1 Å². The molecule has 12 radical (unpaired) electrons. The third-order valence-electron chi connectivity index (χ3n) is 1.33. The van der Waals surface area contributed by atoms with Crippen LogP contribution in [0.5, 0.6) is 0 Å². The van der Waals surface area contributed by atoms with Crippen LogP contribution in [0, 0.1) is 0 Å². The monoisotopic (exact) mass is 192 g/mol. The van der Waals surface area contributed by atoms with Crippen molar-refractivity contribution in [2.75, 3.05) is 0 Å². The Hall–Kier alpha value is 2.25. The van der Waals surface area contributed by atoms with Gasteiger partial charge in [0.25, 0.3) is 0 Å². The van der Waals surface area contributed by atoms with E-state index in [0.717, 1.165) is 0 Å². The fraction of sp³-hybridized carbons (Fsp3) is 1.00. The summed E-state index contributed by atoms with van der Waals surface area (Å²) < 4.78 is 10.0. The Balaban J connectivity index is -0.0000000270. The van der Waals surface area contributed by atoms with Gasteiger partial charge in [0, 0.05) is 77.8 Å². The van der Waals surface area contributed by atoms with Gasteiger partial charge in [-0.15, -0.1) is 0 Å². The van der Waals surface area contributed by atoms with Crippen LogP contribution in [-0.2, 0) is 0 Å². The molecule has 0 atom stereocenters. The first-order chi connectivity index (χ1) is 5.46. The molecule has 0 aromatic heterocycles. The Bertz CT molecular complexity index is 89.3. The van der Waals surface area contributed by atoms with E-state index < -0.39 is 25.5 Å². The zero-order valence-electron chi connectivity index (χ0n) is 9.22. The average molecular weight is 190 g/mol. The molecule has 0 fully saturated rings. The van der Waals surface area contributed by atoms with Crippen molar-refractivity contribution < 1.29 is 62.7 Å². The Kier molecular flexibility index (Phi) is 19.5. The summed E-state index contributed by atoms with van der Waals surface area (Å²) in [5, 5.41) is 0. The molecule has 0 saturated carbocycles. The van der Waals surface area contributed by atoms with Crippen molar-refractivity contribution in [2.24, 2.45) is 0 Å². The van der Waals surface area contributed by atoms with E-state index in [0.29, 0.717) is 0 Å². The van der Waals surface area contributed by atoms with E-state index in [1.807, 2.05) is 0 Å². The predicted octanol–water partition coefficient (Wildman–Crippen LogP) is -5.61. The van der Waals surface area contributed by atoms with E-state index in [4.69, 9.17) is 49.4 Å². The number of hydrogen-bond donors (Lipinski definition) is 0. The summed E-state index contributed by atoms with van der Waals surface area (Å²) in [6.45, 7) is 0. The molecule has 0 rings (SSSR count). The van der Waals surface area contributed by atoms with E-state index in [2.05, 4.69) is 0 Å². The molecule has 0 aliphatic carbocycles. The van der Waals surface area contributed by atoms with Crippen molar-refractivity contribution in [2.45, 2.75) is 7.43 Å². The van der Waals surface area contributed by atoms with Crippen molar-refractivity contribution in [1.29, 1.82) is 0 Å². The molecule has 13 heavy (non-hydrogen) atoms. The SMILES string of the molecule is C.[3H][3H].[B]B([B])B(B([B])[B])B([B])[B].[HH].[HH].[K+].[OH-]. The largest absolute Gasteiger partial charge is 1.00 e. The molecule has 1 nitrogen and oxygen atoms in total. The summed E-state index contributed by atoms with van der Waals surface area (Å²) in [6, 6.07) is 0. The van der Waals surface area contributed by atoms with Crippen molar-refractivity contribution in [3.05, 3.63) is 0 Å². The van der Waals surface area contributed by atoms with Gasteiger partial charge in [0.15, 0.2) is 0 Å². The summed E-state index contributed by atoms with van der Waals surface area (Å²) in [6.07, 6.45) is -2.44. The fourth-order valence-corrected chi connectivity index (χ4v) is 0.770. The van der Waals surface area contributed by atoms with Gasteiger partial charge in [0.2, 0.25) is 0 Å². The summed E-state index contributed by atoms with van der Waals surface area (Å²) in [4.78, 5) is 0. The van der Waals surface area contributed by atoms with Gasteiger partial charge >= 0.3 is 51.4 Å². The molecule has 0 amide bonds. The van der Waals surface area contributed by atoms with Crippen molar-refractivity contribution in [1.82, 2.24) is 0 Å². The first-order valence-corrected chi connectivity index (χ1v) is 3.00. The van der Waals surface area contributed by atoms with Crippen LogP contribution in [0.4, 0.5) is 0 Å². The van der Waals surface area contributed by atoms with Crippen LogP contribution in [0.3, 0.4) is 0 Å². The van der Waals surface area contributed by atoms with Gasteiger partial charge in [0.05, 0.1) is 0 Å². The summed E-state index contributed by atoms with van der Waals surface area (Å²) in [7, 11) is 31.8. The molecular formula is CH11B10KO. The molecule has 0 spiro atoms. The van der Waals surface area contributed by atoms with Gasteiger partial charge in [-0.2, -0.15) is 0 Å². The molecule has 12 heteroatoms. The third kappa shape index (κ3) is 10.5. The molecule has 52 valence electrons. The van der Waals surface area contributed by atoms with Gasteiger partial charge < -0.3 is 5.48 Å². The first kappa shape index (κ1) is 20.6. The van der Waals surface area contributed by atoms with Crippen LogP contribution in [0.25, 0.3) is 0 Å². The van der Waals surface area contributed by atoms with Crippen LogP contribution >= 0.6 is 0 Å². The Labute approximate surface area is 140 Å². The minimum atomic E-state index is -0.667. The van der Waals surface area contributed by atoms with E-state index in [1.54, 1.807) is 0 Å². The maximum atomic E-state index is 5.30. The zero-order valence-corrected chi connectivity index (χ0v) is 10.3. The van der Waals surface area contributed by atoms with Gasteiger partial charge in [-0.3, -0.25) is 0 Å². The molecule has 0 saturated heterocycles. The fourth-order valence-electron chi connectivity index (χ4n) is 0.770. The maximum absolute atomic E-state index is 5.30. The van der Waals surface area contributed by atoms with E-state index in [1.165, 1.54) is 0 Å². The van der Waals surface area contributed by atoms with E-state index in [9.17, 15) is 0 Å². The van der Waals surface area contributed by atoms with E-state index >= 15 is 0 Å². The minimum Gasteiger partial charge on any atom is -0.870 e. The smallest absolute Gasteiger partial charge is 0.870 e. The second-order valence-electron chi connectivity index (χ2n) is 2.31. The van der Waals surface area contributed by atoms with Crippen LogP contribution < -0.4 is 51.4 Å². The quantitative estimate of drug-likeness (QED) is 0.408. The maximum Gasteiger partial charge on any atom is 1.00 e. The van der Waals surface area contributed by atoms with Crippen LogP contribution in [0.15, 0.2) is 0 Å². The van der Waals surface area contributed by atoms with Gasteiger partial charge in [-0.25, -0.2) is 0 Å². The summed E-state index contributed by atoms with van der Waals surface area (Å²) in [5.74, 6) is 0. The normalized spacial score (nSPS) is 7.08. The third-order valence-corrected chi connectivity index (χ3v) is 1.33. The number of rotatable bonds is 3. The summed E-state index contributed by atoms with van der Waals surface area (Å²) >= 11 is 0. The molecular weight excluding hydrogens is 175 g/mol. The predicted molar refractivity (Wildman–Crippen MR) is 72.5 cm³/mol. The molecule has 0 aromatic rings. The summed E-state index contributed by atoms with van der Waals surface area (Å²) in [5.41, 5.74) is 0. The zero-order chi connectivity index (χ0) is 10.3. The van der Waals surface area contributed by atoms with Crippen molar-refractivity contribution in [3.63, 3.8) is 0 Å². The second-order valence-corrected chi connectivity index (χ2v) is 2.31. The minimum absolute atomic E-state index is 0. The Morgan fingerprint density at radius 2 is 1.00 bits per heavy atom. The average Bonchev–Trinajstić information content (AvgIpc) is 1.88. The van der Waals surface area contributed by atoms with Gasteiger partial charge in [-0.1, -0.05) is 7.43 Å². The van der Waals surface area contributed by atoms with Crippen molar-refractivity contribution in [3.8, 4) is 0 Å². The molecule has 0 heterocycles. The van der Waals surface area contributed by atoms with Crippen LogP contribution in [-0.4, -0.2) is 77.4 Å². The molecule has 0 aliphatic rings. The molecule has 0 unspecified atom stereocenters. The molecule has 1 N–H and O–H groups in total. The topological polar surface area (TPSA) is 30.0 Å². The standard InChI is InChI=1S/CH4.B10.K.H2O.3H2/c;1-7(2)10(8(3)4)9(5)6;;;;;/h1H4;;;1H2;3*1H/q;;+1;;;;/p-1/i;;;;1+2T;;. The molecule has 0 bridgehead atoms. The van der Waals surface area contributed by atoms with Crippen LogP contribution in [0.2, 0.25) is 0 Å². The van der Waals surface area contributed by atoms with Crippen LogP contribution in [0.1, 0.15) is 13.2 Å². The molecule has 0 aromatic carbocycles. The van der Waals surface area contributed by atoms with Crippen molar-refractivity contribution >= 4 is 72.0 Å². The van der Waals surface area contributed by atoms with Gasteiger partial charge in [0.1, 0.15) is 0 Å². The number of hydrogen-bond acceptors (Lipinski definition) is 1. The Morgan fingerprint density at radius 1 is 0.846 bits per heavy atom. The first-order valence-electron chi connectivity index (χ1n) is 4.00. The Morgan fingerprint density at radius 3 is 1.00 bits per heavy atom. The second kappa shape index (κ2) is 12.3. The van der Waals surface area contributed by atoms with Gasteiger partial charge in [-0.05, 0) is 0 Å². The molecule has 0 aliphatic heterocycles.